The molecule has 0 aromatic rings. The number of ether oxygens (including phenoxy) is 2. The largest absolute Gasteiger partial charge is 0.481 e. The van der Waals surface area contributed by atoms with Crippen molar-refractivity contribution in [3.8, 4) is 0 Å². The van der Waals surface area contributed by atoms with Crippen molar-refractivity contribution in [1.82, 2.24) is 5.32 Å². The maximum Gasteiger partial charge on any atom is 0.306 e. The SMILES string of the molecule is CC(=O)CCOCCOCCNC(=O)CCC(CC(=O)CC(=O)CC(CCC(=O)O)C(=O)O)C(=O)O. The molecule has 0 saturated carbocycles. The fraction of sp³-hybridized carbons (Fsp3) is 0.696. The second-order valence-corrected chi connectivity index (χ2v) is 8.23. The van der Waals surface area contributed by atoms with E-state index < -0.39 is 72.9 Å². The fourth-order valence-electron chi connectivity index (χ4n) is 3.03. The van der Waals surface area contributed by atoms with Crippen LogP contribution in [-0.2, 0) is 43.0 Å². The standard InChI is InChI=1S/C23H35NO12/c1-15(25)6-8-35-10-11-36-9-7-24-20(28)4-2-16(22(31)32)12-18(26)14-19(27)13-17(23(33)34)3-5-21(29)30/h16-17H,2-14H2,1H3,(H,24,28)(H,29,30)(H,31,32)(H,33,34). The predicted molar refractivity (Wildman–Crippen MR) is 122 cm³/mol. The first kappa shape index (κ1) is 32.8. The van der Waals surface area contributed by atoms with Gasteiger partial charge in [0.25, 0.3) is 0 Å². The van der Waals surface area contributed by atoms with Crippen LogP contribution in [0.25, 0.3) is 0 Å². The van der Waals surface area contributed by atoms with E-state index >= 15 is 0 Å². The van der Waals surface area contributed by atoms with E-state index in [-0.39, 0.29) is 44.8 Å². The minimum Gasteiger partial charge on any atom is -0.481 e. The Kier molecular flexibility index (Phi) is 17.4. The summed E-state index contributed by atoms with van der Waals surface area (Å²) in [6.07, 6.45) is -2.36. The second kappa shape index (κ2) is 19.1. The summed E-state index contributed by atoms with van der Waals surface area (Å²) in [4.78, 5) is 80.0. The second-order valence-electron chi connectivity index (χ2n) is 8.23. The Bertz CT molecular complexity index is 779. The molecule has 0 radical (unpaired) electrons. The topological polar surface area (TPSA) is 211 Å². The average Bonchev–Trinajstić information content (AvgIpc) is 2.77. The van der Waals surface area contributed by atoms with Crippen molar-refractivity contribution in [3.63, 3.8) is 0 Å². The molecule has 13 nitrogen and oxygen atoms in total. The summed E-state index contributed by atoms with van der Waals surface area (Å²) in [6.45, 7) is 2.75. The molecule has 0 spiro atoms. The van der Waals surface area contributed by atoms with E-state index in [2.05, 4.69) is 5.32 Å². The molecule has 13 heteroatoms. The van der Waals surface area contributed by atoms with Crippen LogP contribution in [0.15, 0.2) is 0 Å². The van der Waals surface area contributed by atoms with Crippen LogP contribution in [0.1, 0.15) is 58.3 Å². The Balaban J connectivity index is 4.26. The van der Waals surface area contributed by atoms with Gasteiger partial charge in [0, 0.05) is 38.6 Å². The third-order valence-electron chi connectivity index (χ3n) is 5.01. The van der Waals surface area contributed by atoms with Crippen LogP contribution in [0, 0.1) is 11.8 Å². The highest BCUT2D eigenvalue weighted by Crippen LogP contribution is 2.17. The van der Waals surface area contributed by atoms with E-state index in [0.717, 1.165) is 0 Å². The third kappa shape index (κ3) is 18.2. The molecule has 0 rings (SSSR count). The lowest BCUT2D eigenvalue weighted by Gasteiger charge is -2.13. The molecule has 0 aliphatic carbocycles. The molecule has 1 amide bonds. The van der Waals surface area contributed by atoms with Gasteiger partial charge in [-0.2, -0.15) is 0 Å². The van der Waals surface area contributed by atoms with Crippen molar-refractivity contribution >= 4 is 41.2 Å². The monoisotopic (exact) mass is 517 g/mol. The van der Waals surface area contributed by atoms with Gasteiger partial charge in [-0.25, -0.2) is 0 Å². The van der Waals surface area contributed by atoms with Gasteiger partial charge < -0.3 is 30.1 Å². The Morgan fingerprint density at radius 3 is 1.67 bits per heavy atom. The molecule has 0 aromatic heterocycles. The van der Waals surface area contributed by atoms with Crippen LogP contribution in [-0.4, -0.2) is 89.5 Å². The normalized spacial score (nSPS) is 12.4. The van der Waals surface area contributed by atoms with Gasteiger partial charge in [-0.15, -0.1) is 0 Å². The van der Waals surface area contributed by atoms with Gasteiger partial charge in [-0.3, -0.25) is 33.6 Å². The first-order chi connectivity index (χ1) is 16.9. The maximum atomic E-state index is 12.1. The number of amides is 1. The smallest absolute Gasteiger partial charge is 0.306 e. The Hall–Kier alpha value is -3.19. The molecule has 36 heavy (non-hydrogen) atoms. The van der Waals surface area contributed by atoms with Crippen LogP contribution in [0.2, 0.25) is 0 Å². The van der Waals surface area contributed by atoms with E-state index in [1.807, 2.05) is 0 Å². The van der Waals surface area contributed by atoms with Gasteiger partial charge >= 0.3 is 17.9 Å². The van der Waals surface area contributed by atoms with E-state index in [4.69, 9.17) is 19.7 Å². The van der Waals surface area contributed by atoms with Crippen molar-refractivity contribution in [2.45, 2.75) is 58.3 Å². The number of aliphatic carboxylic acids is 3. The summed E-state index contributed by atoms with van der Waals surface area (Å²) >= 11 is 0. The zero-order valence-corrected chi connectivity index (χ0v) is 20.4. The summed E-state index contributed by atoms with van der Waals surface area (Å²) in [5, 5.41) is 29.6. The fourth-order valence-corrected chi connectivity index (χ4v) is 3.03. The first-order valence-electron chi connectivity index (χ1n) is 11.5. The van der Waals surface area contributed by atoms with Gasteiger partial charge in [0.05, 0.1) is 44.7 Å². The molecule has 0 fully saturated rings. The zero-order valence-electron chi connectivity index (χ0n) is 20.4. The van der Waals surface area contributed by atoms with Crippen molar-refractivity contribution in [1.29, 1.82) is 0 Å². The molecule has 0 saturated heterocycles. The minimum atomic E-state index is -1.35. The minimum absolute atomic E-state index is 0.0282. The van der Waals surface area contributed by atoms with Crippen molar-refractivity contribution < 1.29 is 58.4 Å². The number of ketones is 3. The number of hydrogen-bond acceptors (Lipinski definition) is 9. The van der Waals surface area contributed by atoms with Gasteiger partial charge in [-0.1, -0.05) is 0 Å². The molecule has 2 unspecified atom stereocenters. The number of carbonyl (C=O) groups is 7. The maximum absolute atomic E-state index is 12.1. The quantitative estimate of drug-likeness (QED) is 0.108. The van der Waals surface area contributed by atoms with E-state index in [1.165, 1.54) is 6.92 Å². The third-order valence-corrected chi connectivity index (χ3v) is 5.01. The van der Waals surface area contributed by atoms with E-state index in [9.17, 15) is 38.7 Å². The number of rotatable bonds is 23. The molecule has 0 heterocycles. The summed E-state index contributed by atoms with van der Waals surface area (Å²) < 4.78 is 10.4. The Labute approximate surface area is 208 Å². The van der Waals surface area contributed by atoms with Crippen LogP contribution in [0.3, 0.4) is 0 Å². The zero-order chi connectivity index (χ0) is 27.5. The lowest BCUT2D eigenvalue weighted by molar-refractivity contribution is -0.145. The van der Waals surface area contributed by atoms with Crippen molar-refractivity contribution in [3.05, 3.63) is 0 Å². The number of carboxylic acid groups (broad SMARTS) is 3. The van der Waals surface area contributed by atoms with Gasteiger partial charge in [-0.05, 0) is 19.8 Å². The molecule has 0 bridgehead atoms. The van der Waals surface area contributed by atoms with Crippen molar-refractivity contribution in [2.24, 2.45) is 11.8 Å². The predicted octanol–water partition coefficient (Wildman–Crippen LogP) is 0.470. The molecule has 0 aliphatic rings. The number of hydrogen-bond donors (Lipinski definition) is 4. The average molecular weight is 518 g/mol. The van der Waals surface area contributed by atoms with E-state index in [0.29, 0.717) is 19.6 Å². The van der Waals surface area contributed by atoms with Crippen LogP contribution >= 0.6 is 0 Å². The molecular weight excluding hydrogens is 482 g/mol. The van der Waals surface area contributed by atoms with E-state index in [1.54, 1.807) is 0 Å². The number of carbonyl (C=O) groups excluding carboxylic acids is 4. The Morgan fingerprint density at radius 2 is 1.19 bits per heavy atom. The molecular formula is C23H35NO12. The molecule has 2 atom stereocenters. The summed E-state index contributed by atoms with van der Waals surface area (Å²) in [5.41, 5.74) is 0. The van der Waals surface area contributed by atoms with Crippen molar-refractivity contribution in [2.75, 3.05) is 33.0 Å². The summed E-state index contributed by atoms with van der Waals surface area (Å²) in [6, 6.07) is 0. The van der Waals surface area contributed by atoms with Crippen LogP contribution in [0.5, 0.6) is 0 Å². The van der Waals surface area contributed by atoms with Crippen LogP contribution in [0.4, 0.5) is 0 Å². The highest BCUT2D eigenvalue weighted by Gasteiger charge is 2.26. The summed E-state index contributed by atoms with van der Waals surface area (Å²) in [7, 11) is 0. The molecule has 0 aromatic carbocycles. The first-order valence-corrected chi connectivity index (χ1v) is 11.5. The van der Waals surface area contributed by atoms with Gasteiger partial charge in [0.2, 0.25) is 5.91 Å². The number of nitrogens with one attached hydrogen (secondary N) is 1. The number of Topliss-reactive ketones (excluding diaryl/α,β-unsaturated/α-hetero) is 3. The molecule has 4 N–H and O–H groups in total. The number of carboxylic acids is 3. The Morgan fingerprint density at radius 1 is 0.694 bits per heavy atom. The highest BCUT2D eigenvalue weighted by atomic mass is 16.5. The van der Waals surface area contributed by atoms with Crippen LogP contribution < -0.4 is 5.32 Å². The molecule has 0 aliphatic heterocycles. The lowest BCUT2D eigenvalue weighted by Crippen LogP contribution is -2.29. The van der Waals surface area contributed by atoms with Gasteiger partial charge in [0.1, 0.15) is 17.3 Å². The molecule has 204 valence electrons. The highest BCUT2D eigenvalue weighted by molar-refractivity contribution is 6.01. The van der Waals surface area contributed by atoms with Gasteiger partial charge in [0.15, 0.2) is 0 Å². The summed E-state index contributed by atoms with van der Waals surface area (Å²) in [5.74, 6) is -8.13. The lowest BCUT2D eigenvalue weighted by atomic mass is 9.91.